The number of benzene rings is 1. The van der Waals surface area contributed by atoms with Crippen LogP contribution in [0.25, 0.3) is 0 Å². The monoisotopic (exact) mass is 379 g/mol. The highest BCUT2D eigenvalue weighted by Crippen LogP contribution is 2.47. The summed E-state index contributed by atoms with van der Waals surface area (Å²) in [7, 11) is 1.81. The Morgan fingerprint density at radius 1 is 1.31 bits per heavy atom. The zero-order valence-electron chi connectivity index (χ0n) is 15.6. The van der Waals surface area contributed by atoms with Gasteiger partial charge in [-0.25, -0.2) is 0 Å². The standard InChI is InChI=1S/C20H30ClN3O2/c1-22-19(23-11-3-12-25-14-18-4-2-13-26-18)24-15-20(9-10-20)16-5-7-17(21)8-6-16/h5-8,18H,2-4,9-15H2,1H3,(H2,22,23,24). The van der Waals surface area contributed by atoms with Gasteiger partial charge in [0.2, 0.25) is 0 Å². The number of ether oxygens (including phenoxy) is 2. The maximum atomic E-state index is 6.00. The SMILES string of the molecule is CN=C(NCCCOCC1CCCO1)NCC1(c2ccc(Cl)cc2)CC1. The van der Waals surface area contributed by atoms with Crippen LogP contribution in [0.3, 0.4) is 0 Å². The van der Waals surface area contributed by atoms with Crippen molar-refractivity contribution in [3.8, 4) is 0 Å². The first kappa shape index (κ1) is 19.5. The molecular weight excluding hydrogens is 350 g/mol. The molecule has 6 heteroatoms. The Hall–Kier alpha value is -1.30. The van der Waals surface area contributed by atoms with Gasteiger partial charge in [-0.3, -0.25) is 4.99 Å². The first-order valence-electron chi connectivity index (χ1n) is 9.62. The summed E-state index contributed by atoms with van der Waals surface area (Å²) in [6.07, 6.45) is 5.96. The number of nitrogens with zero attached hydrogens (tertiary/aromatic N) is 1. The fraction of sp³-hybridized carbons (Fsp3) is 0.650. The quantitative estimate of drug-likeness (QED) is 0.393. The summed E-state index contributed by atoms with van der Waals surface area (Å²) in [5.74, 6) is 0.851. The van der Waals surface area contributed by atoms with E-state index in [2.05, 4.69) is 27.8 Å². The third-order valence-electron chi connectivity index (χ3n) is 5.21. The minimum Gasteiger partial charge on any atom is -0.379 e. The van der Waals surface area contributed by atoms with Gasteiger partial charge in [0, 0.05) is 43.8 Å². The molecule has 1 aromatic rings. The second-order valence-electron chi connectivity index (χ2n) is 7.20. The van der Waals surface area contributed by atoms with Gasteiger partial charge in [-0.15, -0.1) is 0 Å². The fourth-order valence-corrected chi connectivity index (χ4v) is 3.49. The van der Waals surface area contributed by atoms with E-state index in [9.17, 15) is 0 Å². The third-order valence-corrected chi connectivity index (χ3v) is 5.47. The van der Waals surface area contributed by atoms with Gasteiger partial charge in [-0.1, -0.05) is 23.7 Å². The molecule has 2 N–H and O–H groups in total. The van der Waals surface area contributed by atoms with Gasteiger partial charge >= 0.3 is 0 Å². The van der Waals surface area contributed by atoms with E-state index in [0.29, 0.717) is 6.10 Å². The predicted octanol–water partition coefficient (Wildman–Crippen LogP) is 3.12. The van der Waals surface area contributed by atoms with E-state index in [1.807, 2.05) is 19.2 Å². The van der Waals surface area contributed by atoms with Crippen molar-refractivity contribution in [3.63, 3.8) is 0 Å². The lowest BCUT2D eigenvalue weighted by Gasteiger charge is -2.19. The molecule has 0 spiro atoms. The highest BCUT2D eigenvalue weighted by molar-refractivity contribution is 6.30. The van der Waals surface area contributed by atoms with Crippen molar-refractivity contribution in [2.45, 2.75) is 43.6 Å². The number of rotatable bonds is 9. The Morgan fingerprint density at radius 2 is 2.12 bits per heavy atom. The molecule has 0 aromatic heterocycles. The Morgan fingerprint density at radius 3 is 2.77 bits per heavy atom. The number of halogens is 1. The lowest BCUT2D eigenvalue weighted by molar-refractivity contribution is 0.0168. The molecule has 5 nitrogen and oxygen atoms in total. The van der Waals surface area contributed by atoms with Gasteiger partial charge in [0.05, 0.1) is 12.7 Å². The predicted molar refractivity (Wildman–Crippen MR) is 106 cm³/mol. The molecule has 144 valence electrons. The molecule has 1 unspecified atom stereocenters. The van der Waals surface area contributed by atoms with Crippen molar-refractivity contribution in [1.29, 1.82) is 0 Å². The molecule has 2 aliphatic rings. The highest BCUT2D eigenvalue weighted by Gasteiger charge is 2.44. The highest BCUT2D eigenvalue weighted by atomic mass is 35.5. The molecule has 26 heavy (non-hydrogen) atoms. The maximum Gasteiger partial charge on any atom is 0.191 e. The molecule has 1 saturated carbocycles. The van der Waals surface area contributed by atoms with E-state index >= 15 is 0 Å². The summed E-state index contributed by atoms with van der Waals surface area (Å²) < 4.78 is 11.2. The Labute approximate surface area is 161 Å². The molecule has 1 heterocycles. The number of aliphatic imine (C=N–C) groups is 1. The van der Waals surface area contributed by atoms with Crippen molar-refractivity contribution in [2.75, 3.05) is 40.0 Å². The topological polar surface area (TPSA) is 54.9 Å². The molecule has 1 aliphatic heterocycles. The first-order valence-corrected chi connectivity index (χ1v) is 10.00. The molecule has 1 saturated heterocycles. The van der Waals surface area contributed by atoms with Crippen LogP contribution in [-0.2, 0) is 14.9 Å². The van der Waals surface area contributed by atoms with Gasteiger partial charge in [0.25, 0.3) is 0 Å². The summed E-state index contributed by atoms with van der Waals surface area (Å²) in [5, 5.41) is 7.62. The summed E-state index contributed by atoms with van der Waals surface area (Å²) in [4.78, 5) is 4.32. The van der Waals surface area contributed by atoms with Crippen molar-refractivity contribution in [2.24, 2.45) is 4.99 Å². The second-order valence-corrected chi connectivity index (χ2v) is 7.64. The molecule has 1 aliphatic carbocycles. The van der Waals surface area contributed by atoms with E-state index in [1.54, 1.807) is 0 Å². The van der Waals surface area contributed by atoms with Gasteiger partial charge in [-0.05, 0) is 49.8 Å². The minimum atomic E-state index is 0.229. The van der Waals surface area contributed by atoms with E-state index in [-0.39, 0.29) is 5.41 Å². The van der Waals surface area contributed by atoms with Crippen LogP contribution in [0.1, 0.15) is 37.7 Å². The van der Waals surface area contributed by atoms with Crippen LogP contribution in [0.5, 0.6) is 0 Å². The van der Waals surface area contributed by atoms with Crippen LogP contribution in [0.2, 0.25) is 5.02 Å². The molecule has 2 fully saturated rings. The minimum absolute atomic E-state index is 0.229. The van der Waals surface area contributed by atoms with Crippen LogP contribution >= 0.6 is 11.6 Å². The first-order chi connectivity index (χ1) is 12.7. The smallest absolute Gasteiger partial charge is 0.191 e. The average molecular weight is 380 g/mol. The maximum absolute atomic E-state index is 6.00. The third kappa shape index (κ3) is 5.60. The van der Waals surface area contributed by atoms with Crippen LogP contribution in [0.4, 0.5) is 0 Å². The lowest BCUT2D eigenvalue weighted by atomic mass is 9.96. The number of nitrogens with one attached hydrogen (secondary N) is 2. The summed E-state index contributed by atoms with van der Waals surface area (Å²) in [6, 6.07) is 8.22. The van der Waals surface area contributed by atoms with Crippen molar-refractivity contribution < 1.29 is 9.47 Å². The second kappa shape index (κ2) is 9.58. The Balaban J connectivity index is 1.31. The normalized spacial score (nSPS) is 21.6. The molecule has 1 aromatic carbocycles. The lowest BCUT2D eigenvalue weighted by Crippen LogP contribution is -2.41. The van der Waals surface area contributed by atoms with Gasteiger partial charge in [0.1, 0.15) is 0 Å². The van der Waals surface area contributed by atoms with Gasteiger partial charge < -0.3 is 20.1 Å². The van der Waals surface area contributed by atoms with Gasteiger partial charge in [-0.2, -0.15) is 0 Å². The van der Waals surface area contributed by atoms with Crippen molar-refractivity contribution >= 4 is 17.6 Å². The molecule has 0 radical (unpaired) electrons. The van der Waals surface area contributed by atoms with Crippen LogP contribution in [0.15, 0.2) is 29.3 Å². The molecule has 1 atom stereocenters. The number of hydrogen-bond donors (Lipinski definition) is 2. The van der Waals surface area contributed by atoms with Crippen LogP contribution < -0.4 is 10.6 Å². The van der Waals surface area contributed by atoms with Crippen molar-refractivity contribution in [3.05, 3.63) is 34.9 Å². The summed E-state index contributed by atoms with van der Waals surface area (Å²) >= 11 is 6.00. The summed E-state index contributed by atoms with van der Waals surface area (Å²) in [5.41, 5.74) is 1.58. The average Bonchev–Trinajstić information content (AvgIpc) is 3.27. The zero-order chi connectivity index (χ0) is 18.2. The molecule has 3 rings (SSSR count). The van der Waals surface area contributed by atoms with E-state index in [1.165, 1.54) is 18.4 Å². The van der Waals surface area contributed by atoms with Crippen molar-refractivity contribution in [1.82, 2.24) is 10.6 Å². The summed E-state index contributed by atoms with van der Waals surface area (Å²) in [6.45, 7) is 4.09. The Kier molecular flexibility index (Phi) is 7.17. The van der Waals surface area contributed by atoms with Crippen LogP contribution in [-0.4, -0.2) is 52.0 Å². The number of hydrogen-bond acceptors (Lipinski definition) is 3. The fourth-order valence-electron chi connectivity index (χ4n) is 3.37. The number of guanidine groups is 1. The van der Waals surface area contributed by atoms with Crippen LogP contribution in [0, 0.1) is 0 Å². The molecule has 0 bridgehead atoms. The Bertz CT molecular complexity index is 581. The largest absolute Gasteiger partial charge is 0.379 e. The molecular formula is C20H30ClN3O2. The molecule has 0 amide bonds. The zero-order valence-corrected chi connectivity index (χ0v) is 16.4. The van der Waals surface area contributed by atoms with E-state index in [0.717, 1.165) is 63.2 Å². The van der Waals surface area contributed by atoms with Gasteiger partial charge in [0.15, 0.2) is 5.96 Å². The van der Waals surface area contributed by atoms with E-state index in [4.69, 9.17) is 21.1 Å². The van der Waals surface area contributed by atoms with E-state index < -0.39 is 0 Å².